The maximum atomic E-state index is 13.5. The first-order chi connectivity index (χ1) is 15.5. The zero-order chi connectivity index (χ0) is 22.6. The van der Waals surface area contributed by atoms with Crippen molar-refractivity contribution in [1.29, 1.82) is 0 Å². The molecular formula is C25H34N4O3. The first-order valence-corrected chi connectivity index (χ1v) is 12.0. The molecule has 1 aliphatic carbocycles. The molecule has 4 amide bonds. The minimum Gasteiger partial charge on any atom is -0.342 e. The maximum Gasteiger partial charge on any atom is 0.325 e. The van der Waals surface area contributed by atoms with Crippen LogP contribution in [0.4, 0.5) is 4.79 Å². The van der Waals surface area contributed by atoms with E-state index in [0.29, 0.717) is 32.5 Å². The van der Waals surface area contributed by atoms with Crippen LogP contribution in [0.15, 0.2) is 36.5 Å². The van der Waals surface area contributed by atoms with Gasteiger partial charge >= 0.3 is 6.03 Å². The van der Waals surface area contributed by atoms with Crippen LogP contribution < -0.4 is 5.32 Å². The van der Waals surface area contributed by atoms with Crippen molar-refractivity contribution in [3.8, 4) is 0 Å². The molecule has 0 aromatic carbocycles. The molecule has 1 N–H and O–H groups in total. The van der Waals surface area contributed by atoms with Gasteiger partial charge in [0.15, 0.2) is 0 Å². The molecule has 2 saturated heterocycles. The molecule has 0 saturated carbocycles. The second-order valence-corrected chi connectivity index (χ2v) is 9.26. The Morgan fingerprint density at radius 3 is 2.66 bits per heavy atom. The van der Waals surface area contributed by atoms with Gasteiger partial charge in [-0.2, -0.15) is 0 Å². The Bertz CT molecular complexity index is 863. The zero-order valence-electron chi connectivity index (χ0n) is 19.0. The lowest BCUT2D eigenvalue weighted by molar-refractivity contribution is -0.139. The molecule has 32 heavy (non-hydrogen) atoms. The molecule has 0 spiro atoms. The van der Waals surface area contributed by atoms with E-state index < -0.39 is 5.54 Å². The van der Waals surface area contributed by atoms with E-state index in [1.807, 2.05) is 30.0 Å². The van der Waals surface area contributed by atoms with Gasteiger partial charge in [0.05, 0.1) is 0 Å². The summed E-state index contributed by atoms with van der Waals surface area (Å²) in [5.74, 6) is 0.281. The third kappa shape index (κ3) is 4.43. The highest BCUT2D eigenvalue weighted by Gasteiger charge is 2.55. The highest BCUT2D eigenvalue weighted by atomic mass is 16.2. The van der Waals surface area contributed by atoms with Crippen LogP contribution in [-0.4, -0.2) is 57.8 Å². The van der Waals surface area contributed by atoms with Gasteiger partial charge in [-0.05, 0) is 56.6 Å². The van der Waals surface area contributed by atoms with Crippen LogP contribution in [0.1, 0.15) is 57.6 Å². The average molecular weight is 439 g/mol. The number of pyridine rings is 1. The van der Waals surface area contributed by atoms with Gasteiger partial charge in [0, 0.05) is 43.9 Å². The summed E-state index contributed by atoms with van der Waals surface area (Å²) in [6.07, 6.45) is 12.2. The molecular weight excluding hydrogens is 404 g/mol. The topological polar surface area (TPSA) is 82.6 Å². The lowest BCUT2D eigenvalue weighted by Gasteiger charge is -2.41. The number of nitrogens with one attached hydrogen (secondary N) is 1. The van der Waals surface area contributed by atoms with E-state index in [-0.39, 0.29) is 29.7 Å². The first kappa shape index (κ1) is 22.5. The first-order valence-electron chi connectivity index (χ1n) is 12.0. The molecule has 0 radical (unpaired) electrons. The number of carbonyl (C=O) groups excluding carboxylic acids is 3. The Hall–Kier alpha value is -2.70. The van der Waals surface area contributed by atoms with Gasteiger partial charge in [0.1, 0.15) is 5.54 Å². The highest BCUT2D eigenvalue weighted by Crippen LogP contribution is 2.37. The number of amides is 4. The van der Waals surface area contributed by atoms with Crippen LogP contribution in [0.5, 0.6) is 0 Å². The van der Waals surface area contributed by atoms with Crippen molar-refractivity contribution in [2.24, 2.45) is 11.8 Å². The number of likely N-dealkylation sites (tertiary alicyclic amines) is 1. The molecule has 2 aliphatic heterocycles. The van der Waals surface area contributed by atoms with Crippen molar-refractivity contribution in [1.82, 2.24) is 20.1 Å². The van der Waals surface area contributed by atoms with Gasteiger partial charge in [0.25, 0.3) is 5.91 Å². The minimum absolute atomic E-state index is 0.0500. The minimum atomic E-state index is -0.849. The fourth-order valence-corrected chi connectivity index (χ4v) is 5.53. The summed E-state index contributed by atoms with van der Waals surface area (Å²) in [6.45, 7) is 3.70. The zero-order valence-corrected chi connectivity index (χ0v) is 19.0. The van der Waals surface area contributed by atoms with Gasteiger partial charge in [0.2, 0.25) is 5.91 Å². The highest BCUT2D eigenvalue weighted by molar-refractivity contribution is 6.07. The maximum absolute atomic E-state index is 13.5. The van der Waals surface area contributed by atoms with Gasteiger partial charge < -0.3 is 10.2 Å². The molecule has 3 heterocycles. The summed E-state index contributed by atoms with van der Waals surface area (Å²) < 4.78 is 0. The third-order valence-electron chi connectivity index (χ3n) is 7.29. The number of rotatable bonds is 7. The second-order valence-electron chi connectivity index (χ2n) is 9.26. The number of aromatic nitrogens is 1. The Kier molecular flexibility index (Phi) is 6.92. The number of urea groups is 1. The molecule has 7 heteroatoms. The Labute approximate surface area is 190 Å². The molecule has 7 nitrogen and oxygen atoms in total. The molecule has 4 rings (SSSR count). The van der Waals surface area contributed by atoms with Crippen LogP contribution in [-0.2, 0) is 16.0 Å². The van der Waals surface area contributed by atoms with E-state index in [4.69, 9.17) is 0 Å². The van der Waals surface area contributed by atoms with Gasteiger partial charge in [-0.1, -0.05) is 31.6 Å². The quantitative estimate of drug-likeness (QED) is 0.523. The van der Waals surface area contributed by atoms with Crippen molar-refractivity contribution >= 4 is 17.8 Å². The normalized spacial score (nSPS) is 26.5. The van der Waals surface area contributed by atoms with Crippen molar-refractivity contribution in [2.75, 3.05) is 19.6 Å². The van der Waals surface area contributed by atoms with Crippen LogP contribution in [0.2, 0.25) is 0 Å². The molecule has 1 aromatic rings. The number of hydrogen-bond acceptors (Lipinski definition) is 4. The Morgan fingerprint density at radius 1 is 1.19 bits per heavy atom. The van der Waals surface area contributed by atoms with E-state index in [9.17, 15) is 14.4 Å². The van der Waals surface area contributed by atoms with Crippen molar-refractivity contribution in [3.05, 3.63) is 42.2 Å². The van der Waals surface area contributed by atoms with Crippen molar-refractivity contribution in [3.63, 3.8) is 0 Å². The molecule has 0 unspecified atom stereocenters. The molecule has 0 bridgehead atoms. The number of piperidine rings is 1. The van der Waals surface area contributed by atoms with E-state index >= 15 is 0 Å². The summed E-state index contributed by atoms with van der Waals surface area (Å²) in [5.41, 5.74) is 0.0176. The number of nitrogens with zero attached hydrogens (tertiary/aromatic N) is 3. The molecule has 2 atom stereocenters. The predicted molar refractivity (Wildman–Crippen MR) is 122 cm³/mol. The predicted octanol–water partition coefficient (Wildman–Crippen LogP) is 3.31. The molecule has 172 valence electrons. The van der Waals surface area contributed by atoms with Crippen LogP contribution in [0.25, 0.3) is 0 Å². The molecule has 1 aromatic heterocycles. The van der Waals surface area contributed by atoms with Crippen LogP contribution >= 0.6 is 0 Å². The number of allylic oxidation sites excluding steroid dienone is 2. The summed E-state index contributed by atoms with van der Waals surface area (Å²) in [4.78, 5) is 46.9. The van der Waals surface area contributed by atoms with Crippen LogP contribution in [0.3, 0.4) is 0 Å². The van der Waals surface area contributed by atoms with E-state index in [1.54, 1.807) is 6.20 Å². The summed E-state index contributed by atoms with van der Waals surface area (Å²) in [7, 11) is 0. The smallest absolute Gasteiger partial charge is 0.325 e. The SMILES string of the molecule is CCC[C@@]1(C2CCN(C(=O)[C@H]3CC=CCC3)CC2)NC(=O)N(CCc2ccccn2)C1=O. The van der Waals surface area contributed by atoms with Gasteiger partial charge in [-0.3, -0.25) is 19.5 Å². The lowest BCUT2D eigenvalue weighted by atomic mass is 9.74. The second kappa shape index (κ2) is 9.84. The molecule has 2 fully saturated rings. The number of hydrogen-bond donors (Lipinski definition) is 1. The van der Waals surface area contributed by atoms with Gasteiger partial charge in [-0.15, -0.1) is 0 Å². The average Bonchev–Trinajstić information content (AvgIpc) is 3.08. The fourth-order valence-electron chi connectivity index (χ4n) is 5.53. The van der Waals surface area contributed by atoms with Gasteiger partial charge in [-0.25, -0.2) is 4.79 Å². The van der Waals surface area contributed by atoms with Crippen molar-refractivity contribution in [2.45, 2.75) is 63.8 Å². The summed E-state index contributed by atoms with van der Waals surface area (Å²) in [5, 5.41) is 3.09. The van der Waals surface area contributed by atoms with E-state index in [0.717, 1.165) is 44.2 Å². The number of imide groups is 1. The Morgan fingerprint density at radius 2 is 2.00 bits per heavy atom. The third-order valence-corrected chi connectivity index (χ3v) is 7.29. The fraction of sp³-hybridized carbons (Fsp3) is 0.600. The summed E-state index contributed by atoms with van der Waals surface area (Å²) >= 11 is 0. The number of carbonyl (C=O) groups is 3. The van der Waals surface area contributed by atoms with Crippen molar-refractivity contribution < 1.29 is 14.4 Å². The lowest BCUT2D eigenvalue weighted by Crippen LogP contribution is -2.57. The monoisotopic (exact) mass is 438 g/mol. The van der Waals surface area contributed by atoms with E-state index in [1.165, 1.54) is 4.90 Å². The Balaban J connectivity index is 1.41. The standard InChI is InChI=1S/C25H34N4O3/c1-2-14-25(20-11-16-28(17-12-20)22(30)19-8-4-3-5-9-19)23(31)29(24(32)27-25)18-13-21-10-6-7-15-26-21/h3-4,6-7,10,15,19-20H,2,5,8-9,11-14,16-18H2,1H3,(H,27,32)/t19-,25-/m0/s1. The van der Waals surface area contributed by atoms with Crippen LogP contribution in [0, 0.1) is 11.8 Å². The largest absolute Gasteiger partial charge is 0.342 e. The molecule has 3 aliphatic rings. The van der Waals surface area contributed by atoms with E-state index in [2.05, 4.69) is 22.5 Å². The summed E-state index contributed by atoms with van der Waals surface area (Å²) in [6, 6.07) is 5.37.